The number of benzene rings is 2. The van der Waals surface area contributed by atoms with Gasteiger partial charge in [-0.1, -0.05) is 61.4 Å². The van der Waals surface area contributed by atoms with Crippen molar-refractivity contribution in [2.75, 3.05) is 16.8 Å². The molecule has 160 valence electrons. The molecule has 2 N–H and O–H groups in total. The molecule has 0 radical (unpaired) electrons. The summed E-state index contributed by atoms with van der Waals surface area (Å²) in [5.74, 6) is -0.986. The van der Waals surface area contributed by atoms with Gasteiger partial charge in [-0.15, -0.1) is 0 Å². The first-order chi connectivity index (χ1) is 15.0. The summed E-state index contributed by atoms with van der Waals surface area (Å²) < 4.78 is 0. The van der Waals surface area contributed by atoms with Gasteiger partial charge in [0.25, 0.3) is 5.91 Å². The number of carboxylic acids is 1. The van der Waals surface area contributed by atoms with E-state index in [-0.39, 0.29) is 11.5 Å². The number of hydrogen-bond donors (Lipinski definition) is 2. The summed E-state index contributed by atoms with van der Waals surface area (Å²) in [6, 6.07) is 18.5. The SMILES string of the molecule is CCCCN(Cc1ccccc1)c1ncc(NC(=O)c2ccc(C)cc2)cc1C(=O)O. The van der Waals surface area contributed by atoms with E-state index in [1.54, 1.807) is 12.1 Å². The molecule has 0 spiro atoms. The Morgan fingerprint density at radius 2 is 1.77 bits per heavy atom. The molecule has 0 saturated carbocycles. The van der Waals surface area contributed by atoms with Crippen LogP contribution in [0.5, 0.6) is 0 Å². The van der Waals surface area contributed by atoms with Gasteiger partial charge >= 0.3 is 5.97 Å². The second-order valence-electron chi connectivity index (χ2n) is 7.48. The molecule has 0 bridgehead atoms. The molecule has 0 fully saturated rings. The van der Waals surface area contributed by atoms with Crippen LogP contribution in [0.25, 0.3) is 0 Å². The summed E-state index contributed by atoms with van der Waals surface area (Å²) >= 11 is 0. The summed E-state index contributed by atoms with van der Waals surface area (Å²) in [7, 11) is 0. The molecule has 6 heteroatoms. The van der Waals surface area contributed by atoms with Crippen LogP contribution in [0.2, 0.25) is 0 Å². The van der Waals surface area contributed by atoms with Crippen molar-refractivity contribution in [3.8, 4) is 0 Å². The van der Waals surface area contributed by atoms with E-state index < -0.39 is 5.97 Å². The van der Waals surface area contributed by atoms with Crippen LogP contribution in [0.15, 0.2) is 66.9 Å². The Morgan fingerprint density at radius 3 is 2.42 bits per heavy atom. The first-order valence-corrected chi connectivity index (χ1v) is 10.4. The molecular weight excluding hydrogens is 390 g/mol. The highest BCUT2D eigenvalue weighted by Crippen LogP contribution is 2.24. The Bertz CT molecular complexity index is 1030. The van der Waals surface area contributed by atoms with Gasteiger partial charge in [-0.05, 0) is 37.1 Å². The van der Waals surface area contributed by atoms with Crippen LogP contribution in [0.3, 0.4) is 0 Å². The number of amides is 1. The number of aryl methyl sites for hydroxylation is 1. The predicted octanol–water partition coefficient (Wildman–Crippen LogP) is 5.15. The first-order valence-electron chi connectivity index (χ1n) is 10.4. The van der Waals surface area contributed by atoms with Crippen molar-refractivity contribution in [2.45, 2.75) is 33.2 Å². The summed E-state index contributed by atoms with van der Waals surface area (Å²) in [5, 5.41) is 12.6. The number of pyridine rings is 1. The maximum Gasteiger partial charge on any atom is 0.339 e. The van der Waals surface area contributed by atoms with Gasteiger partial charge in [0.15, 0.2) is 0 Å². The second kappa shape index (κ2) is 10.4. The zero-order valence-electron chi connectivity index (χ0n) is 17.8. The summed E-state index contributed by atoms with van der Waals surface area (Å²) in [5.41, 5.74) is 3.05. The molecule has 1 heterocycles. The van der Waals surface area contributed by atoms with Crippen molar-refractivity contribution < 1.29 is 14.7 Å². The minimum atomic E-state index is -1.08. The van der Waals surface area contributed by atoms with E-state index in [1.807, 2.05) is 54.3 Å². The lowest BCUT2D eigenvalue weighted by Gasteiger charge is -2.25. The molecule has 6 nitrogen and oxygen atoms in total. The summed E-state index contributed by atoms with van der Waals surface area (Å²) in [4.78, 5) is 31.0. The largest absolute Gasteiger partial charge is 0.478 e. The number of anilines is 2. The zero-order chi connectivity index (χ0) is 22.2. The number of aromatic carboxylic acids is 1. The molecule has 0 aliphatic rings. The summed E-state index contributed by atoms with van der Waals surface area (Å²) in [6.07, 6.45) is 3.41. The lowest BCUT2D eigenvalue weighted by Crippen LogP contribution is -2.27. The highest BCUT2D eigenvalue weighted by molar-refractivity contribution is 6.05. The standard InChI is InChI=1S/C25H27N3O3/c1-3-4-14-28(17-19-8-6-5-7-9-19)23-22(25(30)31)15-21(16-26-23)27-24(29)20-12-10-18(2)11-13-20/h5-13,15-16H,3-4,14,17H2,1-2H3,(H,27,29)(H,30,31). The zero-order valence-corrected chi connectivity index (χ0v) is 17.8. The highest BCUT2D eigenvalue weighted by Gasteiger charge is 2.19. The number of nitrogens with zero attached hydrogens (tertiary/aromatic N) is 2. The van der Waals surface area contributed by atoms with Gasteiger partial charge in [0.2, 0.25) is 0 Å². The monoisotopic (exact) mass is 417 g/mol. The number of carbonyl (C=O) groups is 2. The number of rotatable bonds is 9. The van der Waals surface area contributed by atoms with E-state index in [4.69, 9.17) is 0 Å². The molecule has 0 saturated heterocycles. The van der Waals surface area contributed by atoms with Crippen LogP contribution < -0.4 is 10.2 Å². The van der Waals surface area contributed by atoms with Crippen LogP contribution in [0.1, 0.15) is 51.6 Å². The number of hydrogen-bond acceptors (Lipinski definition) is 4. The topological polar surface area (TPSA) is 82.5 Å². The smallest absolute Gasteiger partial charge is 0.339 e. The predicted molar refractivity (Wildman–Crippen MR) is 123 cm³/mol. The molecule has 0 atom stereocenters. The number of aromatic nitrogens is 1. The third-order valence-corrected chi connectivity index (χ3v) is 4.97. The van der Waals surface area contributed by atoms with Crippen molar-refractivity contribution in [2.24, 2.45) is 0 Å². The molecule has 31 heavy (non-hydrogen) atoms. The Morgan fingerprint density at radius 1 is 1.06 bits per heavy atom. The van der Waals surface area contributed by atoms with Crippen LogP contribution in [-0.4, -0.2) is 28.5 Å². The highest BCUT2D eigenvalue weighted by atomic mass is 16.4. The number of unbranched alkanes of at least 4 members (excludes halogenated alkanes) is 1. The van der Waals surface area contributed by atoms with Gasteiger partial charge in [0.1, 0.15) is 11.4 Å². The van der Waals surface area contributed by atoms with Crippen molar-refractivity contribution in [3.05, 3.63) is 89.1 Å². The van der Waals surface area contributed by atoms with Gasteiger partial charge in [-0.2, -0.15) is 0 Å². The fourth-order valence-corrected chi connectivity index (χ4v) is 3.26. The molecular formula is C25H27N3O3. The molecule has 0 unspecified atom stereocenters. The van der Waals surface area contributed by atoms with Crippen molar-refractivity contribution in [1.29, 1.82) is 0 Å². The number of carboxylic acid groups (broad SMARTS) is 1. The molecule has 3 rings (SSSR count). The van der Waals surface area contributed by atoms with Crippen molar-refractivity contribution >= 4 is 23.4 Å². The van der Waals surface area contributed by atoms with Gasteiger partial charge in [0, 0.05) is 18.7 Å². The number of nitrogens with one attached hydrogen (secondary N) is 1. The van der Waals surface area contributed by atoms with Crippen LogP contribution >= 0.6 is 0 Å². The number of carbonyl (C=O) groups excluding carboxylic acids is 1. The molecule has 0 aliphatic heterocycles. The summed E-state index contributed by atoms with van der Waals surface area (Å²) in [6.45, 7) is 5.29. The van der Waals surface area contributed by atoms with Crippen molar-refractivity contribution in [1.82, 2.24) is 4.98 Å². The quantitative estimate of drug-likeness (QED) is 0.503. The average molecular weight is 418 g/mol. The lowest BCUT2D eigenvalue weighted by atomic mass is 10.1. The van der Waals surface area contributed by atoms with E-state index in [9.17, 15) is 14.7 Å². The lowest BCUT2D eigenvalue weighted by molar-refractivity contribution is 0.0696. The minimum absolute atomic E-state index is 0.0636. The molecule has 1 aromatic heterocycles. The van der Waals surface area contributed by atoms with E-state index in [1.165, 1.54) is 12.3 Å². The van der Waals surface area contributed by atoms with Crippen LogP contribution in [0, 0.1) is 6.92 Å². The van der Waals surface area contributed by atoms with Gasteiger partial charge in [-0.3, -0.25) is 4.79 Å². The first kappa shape index (κ1) is 22.0. The maximum atomic E-state index is 12.5. The van der Waals surface area contributed by atoms with Crippen LogP contribution in [0.4, 0.5) is 11.5 Å². The fourth-order valence-electron chi connectivity index (χ4n) is 3.26. The average Bonchev–Trinajstić information content (AvgIpc) is 2.77. The third kappa shape index (κ3) is 5.92. The molecule has 1 amide bonds. The van der Waals surface area contributed by atoms with E-state index in [0.29, 0.717) is 30.2 Å². The Kier molecular flexibility index (Phi) is 7.38. The Balaban J connectivity index is 1.87. The maximum absolute atomic E-state index is 12.5. The van der Waals surface area contributed by atoms with E-state index in [0.717, 1.165) is 24.0 Å². The molecule has 3 aromatic rings. The normalized spacial score (nSPS) is 10.5. The fraction of sp³-hybridized carbons (Fsp3) is 0.240. The molecule has 2 aromatic carbocycles. The van der Waals surface area contributed by atoms with Gasteiger partial charge in [-0.25, -0.2) is 9.78 Å². The second-order valence-corrected chi connectivity index (χ2v) is 7.48. The van der Waals surface area contributed by atoms with Crippen molar-refractivity contribution in [3.63, 3.8) is 0 Å². The van der Waals surface area contributed by atoms with E-state index >= 15 is 0 Å². The third-order valence-electron chi connectivity index (χ3n) is 4.97. The Hall–Kier alpha value is -3.67. The minimum Gasteiger partial charge on any atom is -0.478 e. The van der Waals surface area contributed by atoms with E-state index in [2.05, 4.69) is 17.2 Å². The molecule has 0 aliphatic carbocycles. The van der Waals surface area contributed by atoms with Gasteiger partial charge in [0.05, 0.1) is 11.9 Å². The van der Waals surface area contributed by atoms with Gasteiger partial charge < -0.3 is 15.3 Å². The van der Waals surface area contributed by atoms with Crippen LogP contribution in [-0.2, 0) is 6.54 Å². The Labute approximate surface area is 182 Å².